The van der Waals surface area contributed by atoms with Crippen LogP contribution in [0.15, 0.2) is 11.1 Å². The van der Waals surface area contributed by atoms with Crippen molar-refractivity contribution < 1.29 is 24.3 Å². The standard InChI is InChI=1S/C15H20N2O5S/c1-7(2)9-5-10(18)17(13(9)21)12-14(22)16(6-11(19)20)15(12)23-8(3)4/h8,12,15H,5-6H2,1-4H3,(H,19,20). The number of carbonyl (C=O) groups is 4. The molecule has 23 heavy (non-hydrogen) atoms. The molecule has 0 radical (unpaired) electrons. The lowest BCUT2D eigenvalue weighted by atomic mass is 10.1. The Morgan fingerprint density at radius 2 is 1.91 bits per heavy atom. The molecule has 7 nitrogen and oxygen atoms in total. The average molecular weight is 340 g/mol. The van der Waals surface area contributed by atoms with Crippen LogP contribution in [0.25, 0.3) is 0 Å². The maximum Gasteiger partial charge on any atom is 0.323 e. The van der Waals surface area contributed by atoms with Crippen molar-refractivity contribution in [3.8, 4) is 0 Å². The topological polar surface area (TPSA) is 95.0 Å². The van der Waals surface area contributed by atoms with Gasteiger partial charge in [-0.15, -0.1) is 11.8 Å². The Bertz CT molecular complexity index is 609. The first-order valence-corrected chi connectivity index (χ1v) is 8.30. The van der Waals surface area contributed by atoms with E-state index in [4.69, 9.17) is 5.11 Å². The van der Waals surface area contributed by atoms with Crippen LogP contribution in [0.4, 0.5) is 0 Å². The zero-order valence-corrected chi connectivity index (χ0v) is 14.3. The number of hydrogen-bond donors (Lipinski definition) is 1. The quantitative estimate of drug-likeness (QED) is 0.453. The number of carboxylic acid groups (broad SMARTS) is 1. The summed E-state index contributed by atoms with van der Waals surface area (Å²) in [6.07, 6.45) is 0.00292. The number of allylic oxidation sites excluding steroid dienone is 1. The van der Waals surface area contributed by atoms with Crippen molar-refractivity contribution in [1.82, 2.24) is 9.80 Å². The number of β-lactam (4-membered cyclic amide) rings is 1. The van der Waals surface area contributed by atoms with Crippen LogP contribution in [-0.4, -0.2) is 61.8 Å². The number of aliphatic carboxylic acids is 1. The van der Waals surface area contributed by atoms with Gasteiger partial charge in [0.2, 0.25) is 11.8 Å². The van der Waals surface area contributed by atoms with E-state index in [-0.39, 0.29) is 11.7 Å². The van der Waals surface area contributed by atoms with Gasteiger partial charge in [-0.05, 0) is 13.8 Å². The van der Waals surface area contributed by atoms with Gasteiger partial charge in [0, 0.05) is 10.8 Å². The molecule has 0 aromatic carbocycles. The van der Waals surface area contributed by atoms with Crippen molar-refractivity contribution >= 4 is 35.5 Å². The van der Waals surface area contributed by atoms with Gasteiger partial charge in [-0.1, -0.05) is 19.4 Å². The van der Waals surface area contributed by atoms with Crippen LogP contribution >= 0.6 is 11.8 Å². The van der Waals surface area contributed by atoms with Crippen molar-refractivity contribution in [2.24, 2.45) is 0 Å². The minimum Gasteiger partial charge on any atom is -0.480 e. The van der Waals surface area contributed by atoms with E-state index in [1.54, 1.807) is 13.8 Å². The highest BCUT2D eigenvalue weighted by Gasteiger charge is 2.56. The molecule has 2 saturated heterocycles. The lowest BCUT2D eigenvalue weighted by Gasteiger charge is -2.48. The molecule has 2 rings (SSSR count). The van der Waals surface area contributed by atoms with Crippen LogP contribution in [-0.2, 0) is 19.2 Å². The monoisotopic (exact) mass is 340 g/mol. The summed E-state index contributed by atoms with van der Waals surface area (Å²) in [5.74, 6) is -2.43. The number of rotatable bonds is 5. The fraction of sp³-hybridized carbons (Fsp3) is 0.600. The Morgan fingerprint density at radius 3 is 2.35 bits per heavy atom. The summed E-state index contributed by atoms with van der Waals surface area (Å²) in [6, 6.07) is -0.904. The molecule has 1 N–H and O–H groups in total. The molecular formula is C15H20N2O5S. The molecule has 0 aromatic rings. The van der Waals surface area contributed by atoms with E-state index in [0.717, 1.165) is 10.5 Å². The second kappa shape index (κ2) is 6.35. The van der Waals surface area contributed by atoms with E-state index in [1.165, 1.54) is 16.7 Å². The third-order valence-corrected chi connectivity index (χ3v) is 5.12. The first kappa shape index (κ1) is 17.5. The second-order valence-corrected chi connectivity index (χ2v) is 7.80. The summed E-state index contributed by atoms with van der Waals surface area (Å²) < 4.78 is 0. The molecule has 0 saturated carbocycles. The van der Waals surface area contributed by atoms with E-state index in [2.05, 4.69) is 0 Å². The molecule has 2 atom stereocenters. The lowest BCUT2D eigenvalue weighted by molar-refractivity contribution is -0.165. The summed E-state index contributed by atoms with van der Waals surface area (Å²) in [4.78, 5) is 50.1. The molecule has 2 aliphatic heterocycles. The predicted octanol–water partition coefficient (Wildman–Crippen LogP) is 0.845. The number of carbonyl (C=O) groups excluding carboxylic acids is 3. The third kappa shape index (κ3) is 3.12. The number of likely N-dealkylation sites (tertiary alicyclic amines) is 2. The van der Waals surface area contributed by atoms with Gasteiger partial charge < -0.3 is 10.0 Å². The normalized spacial score (nSPS) is 24.6. The van der Waals surface area contributed by atoms with E-state index in [0.29, 0.717) is 5.57 Å². The van der Waals surface area contributed by atoms with Gasteiger partial charge in [0.15, 0.2) is 0 Å². The van der Waals surface area contributed by atoms with Gasteiger partial charge in [0.05, 0.1) is 6.42 Å². The lowest BCUT2D eigenvalue weighted by Crippen LogP contribution is -2.71. The van der Waals surface area contributed by atoms with Crippen molar-refractivity contribution in [3.05, 3.63) is 11.1 Å². The first-order chi connectivity index (χ1) is 10.6. The Morgan fingerprint density at radius 1 is 1.30 bits per heavy atom. The van der Waals surface area contributed by atoms with Gasteiger partial charge in [-0.3, -0.25) is 24.1 Å². The Hall–Kier alpha value is -1.83. The molecule has 2 aliphatic rings. The molecule has 8 heteroatoms. The highest BCUT2D eigenvalue weighted by atomic mass is 32.2. The summed E-state index contributed by atoms with van der Waals surface area (Å²) in [6.45, 7) is 6.91. The van der Waals surface area contributed by atoms with Crippen molar-refractivity contribution in [1.29, 1.82) is 0 Å². The number of amides is 3. The zero-order chi connectivity index (χ0) is 17.5. The Kier molecular flexibility index (Phi) is 4.84. The highest BCUT2D eigenvalue weighted by molar-refractivity contribution is 8.00. The molecule has 2 unspecified atom stereocenters. The predicted molar refractivity (Wildman–Crippen MR) is 84.5 cm³/mol. The van der Waals surface area contributed by atoms with Crippen molar-refractivity contribution in [2.45, 2.75) is 50.8 Å². The maximum atomic E-state index is 12.4. The minimum absolute atomic E-state index is 0.00292. The molecule has 0 spiro atoms. The van der Waals surface area contributed by atoms with Gasteiger partial charge in [0.1, 0.15) is 18.0 Å². The number of nitrogens with zero attached hydrogens (tertiary/aromatic N) is 2. The molecule has 2 heterocycles. The van der Waals surface area contributed by atoms with Crippen LogP contribution in [0, 0.1) is 0 Å². The van der Waals surface area contributed by atoms with Gasteiger partial charge in [-0.2, -0.15) is 0 Å². The van der Waals surface area contributed by atoms with Gasteiger partial charge >= 0.3 is 5.97 Å². The SMILES string of the molecule is CC(C)=C1CC(=O)N(C2C(=O)N(CC(=O)O)C2SC(C)C)C1=O. The maximum absolute atomic E-state index is 12.4. The number of carboxylic acids is 1. The Labute approximate surface area is 138 Å². The highest BCUT2D eigenvalue weighted by Crippen LogP contribution is 2.38. The number of imide groups is 1. The second-order valence-electron chi connectivity index (χ2n) is 6.10. The molecule has 2 fully saturated rings. The summed E-state index contributed by atoms with van der Waals surface area (Å²) >= 11 is 1.38. The van der Waals surface area contributed by atoms with Crippen LogP contribution < -0.4 is 0 Å². The fourth-order valence-corrected chi connectivity index (χ4v) is 4.00. The molecular weight excluding hydrogens is 320 g/mol. The van der Waals surface area contributed by atoms with E-state index in [9.17, 15) is 19.2 Å². The van der Waals surface area contributed by atoms with Crippen LogP contribution in [0.1, 0.15) is 34.1 Å². The van der Waals surface area contributed by atoms with Crippen LogP contribution in [0.2, 0.25) is 0 Å². The van der Waals surface area contributed by atoms with Crippen molar-refractivity contribution in [2.75, 3.05) is 6.54 Å². The average Bonchev–Trinajstić information content (AvgIpc) is 2.72. The molecule has 0 aliphatic carbocycles. The smallest absolute Gasteiger partial charge is 0.323 e. The van der Waals surface area contributed by atoms with Gasteiger partial charge in [0.25, 0.3) is 5.91 Å². The summed E-state index contributed by atoms with van der Waals surface area (Å²) in [5, 5.41) is 8.55. The zero-order valence-electron chi connectivity index (χ0n) is 13.5. The molecule has 0 aromatic heterocycles. The minimum atomic E-state index is -1.12. The number of hydrogen-bond acceptors (Lipinski definition) is 5. The van der Waals surface area contributed by atoms with Crippen LogP contribution in [0.3, 0.4) is 0 Å². The fourth-order valence-electron chi connectivity index (χ4n) is 2.73. The van der Waals surface area contributed by atoms with E-state index in [1.807, 2.05) is 13.8 Å². The molecule has 3 amide bonds. The largest absolute Gasteiger partial charge is 0.480 e. The number of thioether (sulfide) groups is 1. The summed E-state index contributed by atoms with van der Waals surface area (Å²) in [5.41, 5.74) is 1.18. The summed E-state index contributed by atoms with van der Waals surface area (Å²) in [7, 11) is 0. The van der Waals surface area contributed by atoms with Gasteiger partial charge in [-0.25, -0.2) is 0 Å². The Balaban J connectivity index is 2.29. The van der Waals surface area contributed by atoms with Crippen LogP contribution in [0.5, 0.6) is 0 Å². The van der Waals surface area contributed by atoms with Crippen molar-refractivity contribution in [3.63, 3.8) is 0 Å². The van der Waals surface area contributed by atoms with E-state index < -0.39 is 41.7 Å². The molecule has 0 bridgehead atoms. The van der Waals surface area contributed by atoms with E-state index >= 15 is 0 Å². The molecule has 126 valence electrons. The third-order valence-electron chi connectivity index (χ3n) is 3.79. The first-order valence-electron chi connectivity index (χ1n) is 7.35.